The lowest BCUT2D eigenvalue weighted by Gasteiger charge is -2.06. The number of benzene rings is 2. The fraction of sp³-hybridized carbons (Fsp3) is 0.261. The van der Waals surface area contributed by atoms with Crippen LogP contribution >= 0.6 is 23.1 Å². The third kappa shape index (κ3) is 5.26. The van der Waals surface area contributed by atoms with Crippen molar-refractivity contribution in [2.45, 2.75) is 31.6 Å². The Labute approximate surface area is 189 Å². The van der Waals surface area contributed by atoms with Gasteiger partial charge in [0.05, 0.1) is 23.0 Å². The fourth-order valence-corrected chi connectivity index (χ4v) is 4.87. The minimum Gasteiger partial charge on any atom is -0.497 e. The van der Waals surface area contributed by atoms with Crippen LogP contribution in [0, 0.1) is 13.8 Å². The number of thiazole rings is 1. The van der Waals surface area contributed by atoms with Crippen molar-refractivity contribution in [3.05, 3.63) is 59.8 Å². The van der Waals surface area contributed by atoms with Gasteiger partial charge in [-0.2, -0.15) is 9.78 Å². The van der Waals surface area contributed by atoms with Crippen molar-refractivity contribution in [2.75, 3.05) is 18.2 Å². The quantitative estimate of drug-likeness (QED) is 0.278. The molecular weight excluding hydrogens is 428 g/mol. The summed E-state index contributed by atoms with van der Waals surface area (Å²) in [5.74, 6) is 2.28. The number of aryl methyl sites for hydroxylation is 2. The summed E-state index contributed by atoms with van der Waals surface area (Å²) < 4.78 is 8.02. The first kappa shape index (κ1) is 21.4. The highest BCUT2D eigenvalue weighted by Gasteiger charge is 2.15. The van der Waals surface area contributed by atoms with Crippen LogP contribution in [-0.2, 0) is 4.79 Å². The molecule has 0 saturated carbocycles. The summed E-state index contributed by atoms with van der Waals surface area (Å²) >= 11 is 3.29. The topological polar surface area (TPSA) is 69.0 Å². The lowest BCUT2D eigenvalue weighted by Crippen LogP contribution is -2.14. The molecule has 1 amide bonds. The maximum Gasteiger partial charge on any atom is 0.225 e. The molecule has 2 aromatic heterocycles. The first-order valence-electron chi connectivity index (χ1n) is 10.0. The summed E-state index contributed by atoms with van der Waals surface area (Å²) in [5.41, 5.74) is 2.92. The number of carbonyl (C=O) groups excluding carboxylic acids is 1. The fourth-order valence-electron chi connectivity index (χ4n) is 3.11. The molecule has 4 rings (SSSR count). The molecule has 8 heteroatoms. The normalized spacial score (nSPS) is 11.1. The number of anilines is 1. The maximum atomic E-state index is 12.5. The van der Waals surface area contributed by atoms with Gasteiger partial charge in [0.15, 0.2) is 0 Å². The number of hydrogen-bond acceptors (Lipinski definition) is 6. The van der Waals surface area contributed by atoms with E-state index in [9.17, 15) is 4.79 Å². The van der Waals surface area contributed by atoms with E-state index < -0.39 is 0 Å². The highest BCUT2D eigenvalue weighted by Crippen LogP contribution is 2.29. The molecule has 0 unspecified atom stereocenters. The number of amides is 1. The second-order valence-electron chi connectivity index (χ2n) is 7.23. The smallest absolute Gasteiger partial charge is 0.225 e. The molecule has 0 fully saturated rings. The molecule has 31 heavy (non-hydrogen) atoms. The Morgan fingerprint density at radius 3 is 2.74 bits per heavy atom. The Bertz CT molecular complexity index is 1200. The van der Waals surface area contributed by atoms with Gasteiger partial charge in [-0.25, -0.2) is 4.98 Å². The minimum atomic E-state index is -0.0200. The molecule has 0 bridgehead atoms. The van der Waals surface area contributed by atoms with Crippen molar-refractivity contribution in [2.24, 2.45) is 0 Å². The van der Waals surface area contributed by atoms with Crippen molar-refractivity contribution >= 4 is 45.0 Å². The Morgan fingerprint density at radius 1 is 1.16 bits per heavy atom. The molecule has 0 radical (unpaired) electrons. The number of nitrogens with zero attached hydrogens (tertiary/aromatic N) is 3. The highest BCUT2D eigenvalue weighted by atomic mass is 32.2. The summed E-state index contributed by atoms with van der Waals surface area (Å²) in [6.45, 7) is 3.98. The van der Waals surface area contributed by atoms with Gasteiger partial charge in [-0.3, -0.25) is 4.79 Å². The number of ether oxygens (including phenoxy) is 1. The molecule has 0 atom stereocenters. The lowest BCUT2D eigenvalue weighted by molar-refractivity contribution is -0.116. The zero-order valence-electron chi connectivity index (χ0n) is 17.7. The van der Waals surface area contributed by atoms with Crippen LogP contribution in [0.5, 0.6) is 5.75 Å². The number of aromatic nitrogens is 3. The van der Waals surface area contributed by atoms with E-state index in [-0.39, 0.29) is 5.91 Å². The third-order valence-electron chi connectivity index (χ3n) is 4.70. The molecule has 4 aromatic rings. The van der Waals surface area contributed by atoms with Crippen LogP contribution in [-0.4, -0.2) is 33.5 Å². The number of hydrogen-bond donors (Lipinski definition) is 1. The number of thioether (sulfide) groups is 1. The summed E-state index contributed by atoms with van der Waals surface area (Å²) in [6, 6.07) is 16.1. The maximum absolute atomic E-state index is 12.5. The van der Waals surface area contributed by atoms with E-state index in [1.54, 1.807) is 23.6 Å². The van der Waals surface area contributed by atoms with Crippen LogP contribution in [0.25, 0.3) is 15.3 Å². The largest absolute Gasteiger partial charge is 0.497 e. The van der Waals surface area contributed by atoms with Gasteiger partial charge in [0.25, 0.3) is 0 Å². The molecular formula is C23H24N4O2S2. The van der Waals surface area contributed by atoms with Crippen molar-refractivity contribution in [3.8, 4) is 10.9 Å². The number of carbonyl (C=O) groups is 1. The van der Waals surface area contributed by atoms with Crippen LogP contribution in [0.4, 0.5) is 5.82 Å². The molecule has 2 heterocycles. The molecule has 0 aliphatic carbocycles. The van der Waals surface area contributed by atoms with Gasteiger partial charge in [0.2, 0.25) is 11.0 Å². The number of nitrogens with one attached hydrogen (secondary N) is 1. The zero-order valence-corrected chi connectivity index (χ0v) is 19.3. The van der Waals surface area contributed by atoms with Crippen LogP contribution < -0.4 is 10.1 Å². The number of methoxy groups -OCH3 is 1. The van der Waals surface area contributed by atoms with E-state index >= 15 is 0 Å². The van der Waals surface area contributed by atoms with Gasteiger partial charge in [-0.1, -0.05) is 29.0 Å². The Hall–Kier alpha value is -2.84. The van der Waals surface area contributed by atoms with Crippen LogP contribution in [0.3, 0.4) is 0 Å². The second kappa shape index (κ2) is 9.53. The average molecular weight is 453 g/mol. The molecule has 0 aliphatic heterocycles. The van der Waals surface area contributed by atoms with Gasteiger partial charge < -0.3 is 10.1 Å². The Kier molecular flexibility index (Phi) is 6.58. The van der Waals surface area contributed by atoms with Gasteiger partial charge in [0, 0.05) is 23.4 Å². The summed E-state index contributed by atoms with van der Waals surface area (Å²) in [7, 11) is 1.64. The zero-order chi connectivity index (χ0) is 21.8. The lowest BCUT2D eigenvalue weighted by atomic mass is 10.2. The predicted molar refractivity (Wildman–Crippen MR) is 128 cm³/mol. The van der Waals surface area contributed by atoms with Crippen LogP contribution in [0.1, 0.15) is 24.1 Å². The molecule has 6 nitrogen and oxygen atoms in total. The van der Waals surface area contributed by atoms with E-state index in [0.717, 1.165) is 33.8 Å². The van der Waals surface area contributed by atoms with Crippen molar-refractivity contribution < 1.29 is 9.53 Å². The van der Waals surface area contributed by atoms with E-state index in [1.165, 1.54) is 21.8 Å². The predicted octanol–water partition coefficient (Wildman–Crippen LogP) is 5.62. The SMILES string of the molecule is COc1ccc2sc(-n3nc(C)cc3NC(=O)CCCSc3ccc(C)cc3)nc2c1. The first-order valence-corrected chi connectivity index (χ1v) is 11.8. The molecule has 0 aliphatic rings. The van der Waals surface area contributed by atoms with Gasteiger partial charge in [0.1, 0.15) is 11.6 Å². The van der Waals surface area contributed by atoms with Gasteiger partial charge in [-0.05, 0) is 50.3 Å². The standard InChI is InChI=1S/C23H24N4O2S2/c1-15-6-9-18(10-7-15)30-12-4-5-22(28)25-21-13-16(2)26-27(21)23-24-19-14-17(29-3)8-11-20(19)31-23/h6-11,13-14H,4-5,12H2,1-3H3,(H,25,28). The van der Waals surface area contributed by atoms with Gasteiger partial charge in [-0.15, -0.1) is 11.8 Å². The first-order chi connectivity index (χ1) is 15.0. The van der Waals surface area contributed by atoms with Crippen LogP contribution in [0.15, 0.2) is 53.4 Å². The summed E-state index contributed by atoms with van der Waals surface area (Å²) in [6.07, 6.45) is 1.26. The summed E-state index contributed by atoms with van der Waals surface area (Å²) in [4.78, 5) is 18.4. The monoisotopic (exact) mass is 452 g/mol. The van der Waals surface area contributed by atoms with E-state index in [4.69, 9.17) is 4.74 Å². The molecule has 160 valence electrons. The van der Waals surface area contributed by atoms with Crippen LogP contribution in [0.2, 0.25) is 0 Å². The highest BCUT2D eigenvalue weighted by molar-refractivity contribution is 7.99. The molecule has 2 aromatic carbocycles. The molecule has 0 spiro atoms. The van der Waals surface area contributed by atoms with Crippen molar-refractivity contribution in [1.82, 2.24) is 14.8 Å². The number of fused-ring (bicyclic) bond motifs is 1. The minimum absolute atomic E-state index is 0.0200. The van der Waals surface area contributed by atoms with E-state index in [2.05, 4.69) is 46.6 Å². The second-order valence-corrected chi connectivity index (χ2v) is 9.40. The number of rotatable bonds is 8. The summed E-state index contributed by atoms with van der Waals surface area (Å²) in [5, 5.41) is 8.24. The third-order valence-corrected chi connectivity index (χ3v) is 6.81. The van der Waals surface area contributed by atoms with E-state index in [0.29, 0.717) is 17.4 Å². The Balaban J connectivity index is 1.39. The average Bonchev–Trinajstić information content (AvgIpc) is 3.34. The van der Waals surface area contributed by atoms with Crippen molar-refractivity contribution in [1.29, 1.82) is 0 Å². The van der Waals surface area contributed by atoms with E-state index in [1.807, 2.05) is 31.2 Å². The molecule has 1 N–H and O–H groups in total. The van der Waals surface area contributed by atoms with Gasteiger partial charge >= 0.3 is 0 Å². The molecule has 0 saturated heterocycles. The Morgan fingerprint density at radius 2 is 1.97 bits per heavy atom. The van der Waals surface area contributed by atoms with Crippen molar-refractivity contribution in [3.63, 3.8) is 0 Å².